The average molecular weight is 344 g/mol. The summed E-state index contributed by atoms with van der Waals surface area (Å²) in [5.41, 5.74) is 0.820. The summed E-state index contributed by atoms with van der Waals surface area (Å²) in [7, 11) is 0. The molecule has 3 heterocycles. The molecule has 0 aromatic carbocycles. The van der Waals surface area contributed by atoms with Gasteiger partial charge in [0, 0.05) is 51.5 Å². The average Bonchev–Trinajstić information content (AvgIpc) is 3.39. The van der Waals surface area contributed by atoms with Crippen LogP contribution in [0.1, 0.15) is 48.6 Å². The van der Waals surface area contributed by atoms with E-state index < -0.39 is 0 Å². The molecule has 6 nitrogen and oxygen atoms in total. The van der Waals surface area contributed by atoms with E-state index in [9.17, 15) is 9.59 Å². The first kappa shape index (κ1) is 16.6. The summed E-state index contributed by atoms with van der Waals surface area (Å²) in [6, 6.07) is 4.43. The van der Waals surface area contributed by atoms with Gasteiger partial charge in [0.25, 0.3) is 5.91 Å². The zero-order chi connectivity index (χ0) is 17.2. The van der Waals surface area contributed by atoms with Crippen LogP contribution in [0.3, 0.4) is 0 Å². The van der Waals surface area contributed by atoms with Crippen LogP contribution in [-0.2, 0) is 4.79 Å². The maximum Gasteiger partial charge on any atom is 0.270 e. The lowest BCUT2D eigenvalue weighted by Gasteiger charge is -2.36. The van der Waals surface area contributed by atoms with Crippen LogP contribution < -0.4 is 0 Å². The SMILES string of the molecule is O=C(CN1CCN(C(=O)c2cccn2C2CC2)CC1)N1CCCCC1. The summed E-state index contributed by atoms with van der Waals surface area (Å²) in [5, 5.41) is 0. The fourth-order valence-electron chi connectivity index (χ4n) is 3.95. The molecule has 1 saturated carbocycles. The van der Waals surface area contributed by atoms with Crippen molar-refractivity contribution >= 4 is 11.8 Å². The van der Waals surface area contributed by atoms with Crippen molar-refractivity contribution < 1.29 is 9.59 Å². The Labute approximate surface area is 149 Å². The summed E-state index contributed by atoms with van der Waals surface area (Å²) in [4.78, 5) is 31.3. The highest BCUT2D eigenvalue weighted by molar-refractivity contribution is 5.93. The summed E-state index contributed by atoms with van der Waals surface area (Å²) < 4.78 is 2.13. The molecule has 6 heteroatoms. The molecule has 2 amide bonds. The third kappa shape index (κ3) is 3.73. The number of likely N-dealkylation sites (tertiary alicyclic amines) is 1. The van der Waals surface area contributed by atoms with Gasteiger partial charge in [-0.1, -0.05) is 0 Å². The fourth-order valence-corrected chi connectivity index (χ4v) is 3.95. The van der Waals surface area contributed by atoms with Gasteiger partial charge >= 0.3 is 0 Å². The summed E-state index contributed by atoms with van der Waals surface area (Å²) in [6.07, 6.45) is 7.90. The maximum absolute atomic E-state index is 12.8. The zero-order valence-electron chi connectivity index (χ0n) is 14.9. The number of hydrogen-bond acceptors (Lipinski definition) is 3. The van der Waals surface area contributed by atoms with E-state index >= 15 is 0 Å². The number of piperidine rings is 1. The second-order valence-corrected chi connectivity index (χ2v) is 7.54. The Kier molecular flexibility index (Phi) is 4.79. The van der Waals surface area contributed by atoms with Crippen LogP contribution in [0, 0.1) is 0 Å². The first-order valence-electron chi connectivity index (χ1n) is 9.68. The lowest BCUT2D eigenvalue weighted by molar-refractivity contribution is -0.133. The van der Waals surface area contributed by atoms with Gasteiger partial charge in [-0.3, -0.25) is 14.5 Å². The van der Waals surface area contributed by atoms with Crippen molar-refractivity contribution in [2.24, 2.45) is 0 Å². The van der Waals surface area contributed by atoms with Gasteiger partial charge < -0.3 is 14.4 Å². The van der Waals surface area contributed by atoms with Gasteiger partial charge in [0.05, 0.1) is 6.54 Å². The van der Waals surface area contributed by atoms with Crippen molar-refractivity contribution in [2.75, 3.05) is 45.8 Å². The molecule has 2 aliphatic heterocycles. The van der Waals surface area contributed by atoms with Crippen molar-refractivity contribution in [1.29, 1.82) is 0 Å². The largest absolute Gasteiger partial charge is 0.342 e. The number of piperazine rings is 1. The van der Waals surface area contributed by atoms with Crippen LogP contribution in [0.4, 0.5) is 0 Å². The highest BCUT2D eigenvalue weighted by Gasteiger charge is 2.30. The molecule has 0 bridgehead atoms. The molecule has 0 unspecified atom stereocenters. The normalized spacial score (nSPS) is 22.2. The zero-order valence-corrected chi connectivity index (χ0v) is 14.9. The van der Waals surface area contributed by atoms with E-state index in [0.29, 0.717) is 25.7 Å². The standard InChI is InChI=1S/C19H28N4O2/c24-18(21-8-2-1-3-9-21)15-20-11-13-22(14-12-20)19(25)17-5-4-10-23(17)16-6-7-16/h4-5,10,16H,1-3,6-9,11-15H2. The molecule has 0 spiro atoms. The molecule has 3 aliphatic rings. The minimum atomic E-state index is 0.138. The van der Waals surface area contributed by atoms with Gasteiger partial charge in [-0.25, -0.2) is 0 Å². The van der Waals surface area contributed by atoms with Gasteiger partial charge in [0.2, 0.25) is 5.91 Å². The lowest BCUT2D eigenvalue weighted by Crippen LogP contribution is -2.52. The Morgan fingerprint density at radius 2 is 1.64 bits per heavy atom. The Morgan fingerprint density at radius 1 is 0.920 bits per heavy atom. The molecule has 1 aromatic heterocycles. The minimum absolute atomic E-state index is 0.138. The van der Waals surface area contributed by atoms with Crippen molar-refractivity contribution in [3.8, 4) is 0 Å². The van der Waals surface area contributed by atoms with Crippen LogP contribution in [0.25, 0.3) is 0 Å². The van der Waals surface area contributed by atoms with Gasteiger partial charge in [0.1, 0.15) is 5.69 Å². The number of rotatable bonds is 4. The topological polar surface area (TPSA) is 48.8 Å². The molecule has 2 saturated heterocycles. The third-order valence-electron chi connectivity index (χ3n) is 5.67. The first-order chi connectivity index (χ1) is 12.2. The lowest BCUT2D eigenvalue weighted by atomic mass is 10.1. The summed E-state index contributed by atoms with van der Waals surface area (Å²) in [5.74, 6) is 0.390. The number of amides is 2. The molecule has 4 rings (SSSR count). The number of aromatic nitrogens is 1. The highest BCUT2D eigenvalue weighted by atomic mass is 16.2. The number of carbonyl (C=O) groups is 2. The second-order valence-electron chi connectivity index (χ2n) is 7.54. The molecule has 0 radical (unpaired) electrons. The summed E-state index contributed by atoms with van der Waals surface area (Å²) >= 11 is 0. The van der Waals surface area contributed by atoms with Crippen molar-refractivity contribution in [1.82, 2.24) is 19.3 Å². The molecule has 1 aromatic rings. The van der Waals surface area contributed by atoms with E-state index in [4.69, 9.17) is 0 Å². The van der Waals surface area contributed by atoms with Gasteiger partial charge in [0.15, 0.2) is 0 Å². The van der Waals surface area contributed by atoms with Crippen LogP contribution in [0.5, 0.6) is 0 Å². The molecule has 25 heavy (non-hydrogen) atoms. The van der Waals surface area contributed by atoms with Gasteiger partial charge in [-0.2, -0.15) is 0 Å². The minimum Gasteiger partial charge on any atom is -0.342 e. The molecule has 0 N–H and O–H groups in total. The van der Waals surface area contributed by atoms with Crippen LogP contribution in [0.2, 0.25) is 0 Å². The smallest absolute Gasteiger partial charge is 0.270 e. The third-order valence-corrected chi connectivity index (χ3v) is 5.67. The molecule has 0 atom stereocenters. The Hall–Kier alpha value is -1.82. The summed E-state index contributed by atoms with van der Waals surface area (Å²) in [6.45, 7) is 5.32. The van der Waals surface area contributed by atoms with Crippen LogP contribution in [-0.4, -0.2) is 76.9 Å². The second kappa shape index (κ2) is 7.20. The molecular formula is C19H28N4O2. The van der Waals surface area contributed by atoms with E-state index in [0.717, 1.165) is 44.7 Å². The Balaban J connectivity index is 1.28. The van der Waals surface area contributed by atoms with Gasteiger partial charge in [-0.15, -0.1) is 0 Å². The van der Waals surface area contributed by atoms with Crippen LogP contribution in [0.15, 0.2) is 18.3 Å². The van der Waals surface area contributed by atoms with E-state index in [1.54, 1.807) is 0 Å². The molecule has 1 aliphatic carbocycles. The molecule has 3 fully saturated rings. The number of nitrogens with zero attached hydrogens (tertiary/aromatic N) is 4. The predicted octanol–water partition coefficient (Wildman–Crippen LogP) is 1.59. The Bertz CT molecular complexity index is 623. The highest BCUT2D eigenvalue weighted by Crippen LogP contribution is 2.36. The van der Waals surface area contributed by atoms with Crippen molar-refractivity contribution in [3.63, 3.8) is 0 Å². The fraction of sp³-hybridized carbons (Fsp3) is 0.684. The van der Waals surface area contributed by atoms with E-state index in [1.807, 2.05) is 28.1 Å². The maximum atomic E-state index is 12.8. The van der Waals surface area contributed by atoms with E-state index in [-0.39, 0.29) is 11.8 Å². The van der Waals surface area contributed by atoms with Crippen molar-refractivity contribution in [3.05, 3.63) is 24.0 Å². The molecular weight excluding hydrogens is 316 g/mol. The monoisotopic (exact) mass is 344 g/mol. The Morgan fingerprint density at radius 3 is 2.32 bits per heavy atom. The number of hydrogen-bond donors (Lipinski definition) is 0. The quantitative estimate of drug-likeness (QED) is 0.833. The predicted molar refractivity (Wildman–Crippen MR) is 95.5 cm³/mol. The van der Waals surface area contributed by atoms with Crippen molar-refractivity contribution in [2.45, 2.75) is 38.1 Å². The van der Waals surface area contributed by atoms with E-state index in [1.165, 1.54) is 19.3 Å². The number of carbonyl (C=O) groups excluding carboxylic acids is 2. The van der Waals surface area contributed by atoms with Gasteiger partial charge in [-0.05, 0) is 44.2 Å². The molecule has 136 valence electrons. The van der Waals surface area contributed by atoms with Crippen LogP contribution >= 0.6 is 0 Å². The first-order valence-corrected chi connectivity index (χ1v) is 9.68. The van der Waals surface area contributed by atoms with E-state index in [2.05, 4.69) is 9.47 Å².